The Morgan fingerprint density at radius 1 is 1.24 bits per heavy atom. The molecule has 114 valence electrons. The smallest absolute Gasteiger partial charge is 0.240 e. The van der Waals surface area contributed by atoms with Gasteiger partial charge in [0.25, 0.3) is 0 Å². The van der Waals surface area contributed by atoms with Gasteiger partial charge in [-0.05, 0) is 24.3 Å². The minimum atomic E-state index is -3.67. The third-order valence-electron chi connectivity index (χ3n) is 3.00. The largest absolute Gasteiger partial charge is 0.387 e. The van der Waals surface area contributed by atoms with Gasteiger partial charge < -0.3 is 5.11 Å². The van der Waals surface area contributed by atoms with Crippen LogP contribution in [-0.4, -0.2) is 48.7 Å². The Hall–Kier alpha value is -0.720. The van der Waals surface area contributed by atoms with Crippen LogP contribution in [0.1, 0.15) is 5.56 Å². The van der Waals surface area contributed by atoms with Gasteiger partial charge in [0.1, 0.15) is 0 Å². The second-order valence-electron chi connectivity index (χ2n) is 4.79. The Morgan fingerprint density at radius 3 is 2.33 bits per heavy atom. The molecule has 1 heterocycles. The van der Waals surface area contributed by atoms with E-state index in [0.29, 0.717) is 17.1 Å². The van der Waals surface area contributed by atoms with Gasteiger partial charge in [-0.1, -0.05) is 0 Å². The normalized spacial score (nSPS) is 18.7. The van der Waals surface area contributed by atoms with Crippen molar-refractivity contribution in [1.82, 2.24) is 4.72 Å². The van der Waals surface area contributed by atoms with Gasteiger partial charge in [-0.25, -0.2) is 13.1 Å². The highest BCUT2D eigenvalue weighted by atomic mass is 32.2. The van der Waals surface area contributed by atoms with E-state index in [4.69, 9.17) is 5.26 Å². The van der Waals surface area contributed by atoms with E-state index in [0.717, 1.165) is 11.5 Å². The predicted molar refractivity (Wildman–Crippen MR) is 85.9 cm³/mol. The van der Waals surface area contributed by atoms with Crippen LogP contribution >= 0.6 is 23.5 Å². The lowest BCUT2D eigenvalue weighted by Crippen LogP contribution is -2.46. The third-order valence-corrected chi connectivity index (χ3v) is 7.14. The van der Waals surface area contributed by atoms with Crippen molar-refractivity contribution in [1.29, 1.82) is 5.26 Å². The highest BCUT2D eigenvalue weighted by Gasteiger charge is 2.30. The highest BCUT2D eigenvalue weighted by Crippen LogP contribution is 2.24. The van der Waals surface area contributed by atoms with Gasteiger partial charge in [-0.15, -0.1) is 0 Å². The maximum absolute atomic E-state index is 12.2. The molecule has 0 spiro atoms. The fourth-order valence-corrected chi connectivity index (χ4v) is 5.46. The molecule has 8 heteroatoms. The van der Waals surface area contributed by atoms with Crippen LogP contribution in [0.3, 0.4) is 0 Å². The molecule has 21 heavy (non-hydrogen) atoms. The first-order chi connectivity index (χ1) is 9.95. The summed E-state index contributed by atoms with van der Waals surface area (Å²) in [6.45, 7) is -0.00463. The van der Waals surface area contributed by atoms with Crippen LogP contribution in [0, 0.1) is 11.3 Å². The van der Waals surface area contributed by atoms with Crippen LogP contribution in [-0.2, 0) is 10.0 Å². The van der Waals surface area contributed by atoms with Crippen LogP contribution in [0.2, 0.25) is 0 Å². The first-order valence-electron chi connectivity index (χ1n) is 6.33. The summed E-state index contributed by atoms with van der Waals surface area (Å²) in [4.78, 5) is 0.0963. The molecule has 1 aliphatic heterocycles. The molecular weight excluding hydrogens is 328 g/mol. The van der Waals surface area contributed by atoms with Crippen LogP contribution in [0.5, 0.6) is 0 Å². The first kappa shape index (κ1) is 16.6. The van der Waals surface area contributed by atoms with E-state index in [9.17, 15) is 13.5 Å². The third kappa shape index (κ3) is 4.63. The molecule has 0 amide bonds. The number of nitrogens with zero attached hydrogens (tertiary/aromatic N) is 1. The second kappa shape index (κ2) is 7.03. The molecule has 0 unspecified atom stereocenters. The molecule has 0 atom stereocenters. The summed E-state index contributed by atoms with van der Waals surface area (Å²) in [6.07, 6.45) is 0. The van der Waals surface area contributed by atoms with Gasteiger partial charge in [0.15, 0.2) is 0 Å². The zero-order chi connectivity index (χ0) is 15.3. The van der Waals surface area contributed by atoms with E-state index < -0.39 is 15.6 Å². The number of sulfonamides is 1. The number of hydrogen-bond donors (Lipinski definition) is 2. The van der Waals surface area contributed by atoms with Gasteiger partial charge in [0.05, 0.1) is 22.1 Å². The predicted octanol–water partition coefficient (Wildman–Crippen LogP) is 1.05. The van der Waals surface area contributed by atoms with Crippen molar-refractivity contribution in [2.24, 2.45) is 0 Å². The molecule has 0 radical (unpaired) electrons. The molecule has 1 saturated heterocycles. The van der Waals surface area contributed by atoms with Crippen molar-refractivity contribution in [2.45, 2.75) is 10.5 Å². The number of thioether (sulfide) groups is 2. The summed E-state index contributed by atoms with van der Waals surface area (Å²) in [5.74, 6) is 2.98. The molecule has 1 aromatic carbocycles. The molecule has 2 N–H and O–H groups in total. The van der Waals surface area contributed by atoms with Gasteiger partial charge in [-0.3, -0.25) is 0 Å². The average Bonchev–Trinajstić information content (AvgIpc) is 2.71. The molecule has 5 nitrogen and oxygen atoms in total. The van der Waals surface area contributed by atoms with Crippen LogP contribution in [0.4, 0.5) is 0 Å². The Kier molecular flexibility index (Phi) is 5.57. The Morgan fingerprint density at radius 2 is 1.81 bits per heavy atom. The molecule has 2 rings (SSSR count). The standard InChI is InChI=1S/C13H16N2O3S3/c14-7-11-1-3-12(4-2-11)21(17,18)15-8-13(16)9-19-5-6-20-10-13/h1-4,15-16H,5-6,8-10H2. The zero-order valence-electron chi connectivity index (χ0n) is 11.3. The van der Waals surface area contributed by atoms with Gasteiger partial charge in [0.2, 0.25) is 10.0 Å². The summed E-state index contributed by atoms with van der Waals surface area (Å²) in [7, 11) is -3.67. The topological polar surface area (TPSA) is 90.2 Å². The molecule has 1 aliphatic rings. The van der Waals surface area contributed by atoms with Crippen molar-refractivity contribution in [2.75, 3.05) is 29.6 Å². The van der Waals surface area contributed by atoms with E-state index in [2.05, 4.69) is 4.72 Å². The second-order valence-corrected chi connectivity index (χ2v) is 8.77. The monoisotopic (exact) mass is 344 g/mol. The number of nitriles is 1. The molecule has 1 aromatic rings. The zero-order valence-corrected chi connectivity index (χ0v) is 13.7. The summed E-state index contributed by atoms with van der Waals surface area (Å²) in [5, 5.41) is 19.1. The van der Waals surface area contributed by atoms with Gasteiger partial charge >= 0.3 is 0 Å². The molecule has 1 fully saturated rings. The van der Waals surface area contributed by atoms with Crippen LogP contribution < -0.4 is 4.72 Å². The van der Waals surface area contributed by atoms with Gasteiger partial charge in [-0.2, -0.15) is 28.8 Å². The molecule has 0 aliphatic carbocycles. The van der Waals surface area contributed by atoms with Crippen LogP contribution in [0.25, 0.3) is 0 Å². The lowest BCUT2D eigenvalue weighted by Gasteiger charge is -2.25. The molecule has 0 aromatic heterocycles. The fourth-order valence-electron chi connectivity index (χ4n) is 1.81. The summed E-state index contributed by atoms with van der Waals surface area (Å²) in [6, 6.07) is 7.64. The number of nitrogens with one attached hydrogen (secondary N) is 1. The number of rotatable bonds is 4. The number of aliphatic hydroxyl groups is 1. The molecule has 0 bridgehead atoms. The van der Waals surface area contributed by atoms with E-state index in [1.54, 1.807) is 23.5 Å². The number of hydrogen-bond acceptors (Lipinski definition) is 6. The molecular formula is C13H16N2O3S3. The van der Waals surface area contributed by atoms with E-state index in [1.807, 2.05) is 6.07 Å². The van der Waals surface area contributed by atoms with Gasteiger partial charge in [0, 0.05) is 29.6 Å². The first-order valence-corrected chi connectivity index (χ1v) is 10.1. The number of benzene rings is 1. The Labute approximate surface area is 133 Å². The van der Waals surface area contributed by atoms with Crippen molar-refractivity contribution >= 4 is 33.5 Å². The highest BCUT2D eigenvalue weighted by molar-refractivity contribution is 8.03. The minimum absolute atomic E-state index is 0.00463. The van der Waals surface area contributed by atoms with E-state index in [-0.39, 0.29) is 11.4 Å². The summed E-state index contributed by atoms with van der Waals surface area (Å²) in [5.41, 5.74) is -0.616. The van der Waals surface area contributed by atoms with Crippen molar-refractivity contribution in [3.8, 4) is 6.07 Å². The maximum atomic E-state index is 12.2. The summed E-state index contributed by atoms with van der Waals surface area (Å²) < 4.78 is 26.8. The van der Waals surface area contributed by atoms with Crippen LogP contribution in [0.15, 0.2) is 29.2 Å². The lowest BCUT2D eigenvalue weighted by molar-refractivity contribution is 0.0962. The van der Waals surface area contributed by atoms with Crippen molar-refractivity contribution < 1.29 is 13.5 Å². The average molecular weight is 344 g/mol. The SMILES string of the molecule is N#Cc1ccc(S(=O)(=O)NCC2(O)CSCCSC2)cc1. The minimum Gasteiger partial charge on any atom is -0.387 e. The van der Waals surface area contributed by atoms with Crippen molar-refractivity contribution in [3.63, 3.8) is 0 Å². The lowest BCUT2D eigenvalue weighted by atomic mass is 10.1. The summed E-state index contributed by atoms with van der Waals surface area (Å²) >= 11 is 3.26. The Bertz CT molecular complexity index is 615. The fraction of sp³-hybridized carbons (Fsp3) is 0.462. The van der Waals surface area contributed by atoms with E-state index in [1.165, 1.54) is 24.3 Å². The molecule has 0 saturated carbocycles. The van der Waals surface area contributed by atoms with Crippen molar-refractivity contribution in [3.05, 3.63) is 29.8 Å². The van der Waals surface area contributed by atoms with E-state index >= 15 is 0 Å². The maximum Gasteiger partial charge on any atom is 0.240 e. The quantitative estimate of drug-likeness (QED) is 0.848. The Balaban J connectivity index is 2.04.